The van der Waals surface area contributed by atoms with Gasteiger partial charge in [0.15, 0.2) is 0 Å². The predicted molar refractivity (Wildman–Crippen MR) is 76.3 cm³/mol. The standard InChI is InChI=1S/C15H9FN2O2S/c1-2-11-5-3-6-12(9-11)18-21(19,20)15-8-4-7-14(16)13(15)10-17/h1,3-9,18H. The first-order chi connectivity index (χ1) is 9.97. The number of rotatable bonds is 3. The SMILES string of the molecule is C#Cc1cccc(NS(=O)(=O)c2cccc(F)c2C#N)c1. The number of nitriles is 1. The molecule has 0 saturated heterocycles. The zero-order valence-electron chi connectivity index (χ0n) is 10.7. The summed E-state index contributed by atoms with van der Waals surface area (Å²) in [4.78, 5) is -0.420. The summed E-state index contributed by atoms with van der Waals surface area (Å²) in [7, 11) is -4.08. The van der Waals surface area contributed by atoms with E-state index >= 15 is 0 Å². The molecule has 21 heavy (non-hydrogen) atoms. The largest absolute Gasteiger partial charge is 0.280 e. The second-order valence-corrected chi connectivity index (χ2v) is 5.71. The van der Waals surface area contributed by atoms with Gasteiger partial charge in [-0.25, -0.2) is 12.8 Å². The topological polar surface area (TPSA) is 70.0 Å². The Labute approximate surface area is 121 Å². The highest BCUT2D eigenvalue weighted by Crippen LogP contribution is 2.21. The van der Waals surface area contributed by atoms with Crippen LogP contribution in [0.4, 0.5) is 10.1 Å². The van der Waals surface area contributed by atoms with E-state index in [1.807, 2.05) is 0 Å². The molecule has 0 bridgehead atoms. The van der Waals surface area contributed by atoms with E-state index in [2.05, 4.69) is 10.6 Å². The summed E-state index contributed by atoms with van der Waals surface area (Å²) < 4.78 is 40.3. The van der Waals surface area contributed by atoms with Crippen molar-refractivity contribution < 1.29 is 12.8 Å². The lowest BCUT2D eigenvalue weighted by atomic mass is 10.2. The third-order valence-corrected chi connectivity index (χ3v) is 4.08. The molecule has 0 aliphatic rings. The molecule has 0 aliphatic carbocycles. The summed E-state index contributed by atoms with van der Waals surface area (Å²) in [5.74, 6) is 1.49. The van der Waals surface area contributed by atoms with Gasteiger partial charge in [-0.1, -0.05) is 18.1 Å². The highest BCUT2D eigenvalue weighted by Gasteiger charge is 2.21. The highest BCUT2D eigenvalue weighted by molar-refractivity contribution is 7.92. The van der Waals surface area contributed by atoms with E-state index < -0.39 is 26.3 Å². The lowest BCUT2D eigenvalue weighted by Gasteiger charge is -2.10. The molecule has 0 spiro atoms. The van der Waals surface area contributed by atoms with Crippen LogP contribution >= 0.6 is 0 Å². The molecule has 104 valence electrons. The summed E-state index contributed by atoms with van der Waals surface area (Å²) >= 11 is 0. The fourth-order valence-electron chi connectivity index (χ4n) is 1.72. The normalized spacial score (nSPS) is 10.4. The fourth-order valence-corrected chi connectivity index (χ4v) is 2.94. The Morgan fingerprint density at radius 2 is 1.90 bits per heavy atom. The zero-order chi connectivity index (χ0) is 15.5. The molecule has 2 rings (SSSR count). The Balaban J connectivity index is 2.47. The Hall–Kier alpha value is -2.83. The predicted octanol–water partition coefficient (Wildman–Crippen LogP) is 2.48. The van der Waals surface area contributed by atoms with Gasteiger partial charge in [0.2, 0.25) is 0 Å². The number of nitrogens with one attached hydrogen (secondary N) is 1. The van der Waals surface area contributed by atoms with Gasteiger partial charge in [-0.3, -0.25) is 4.72 Å². The second-order valence-electron chi connectivity index (χ2n) is 4.06. The van der Waals surface area contributed by atoms with Crippen LogP contribution in [0, 0.1) is 29.5 Å². The van der Waals surface area contributed by atoms with Crippen LogP contribution in [0.5, 0.6) is 0 Å². The molecule has 0 unspecified atom stereocenters. The maximum Gasteiger partial charge on any atom is 0.263 e. The van der Waals surface area contributed by atoms with Gasteiger partial charge in [0.1, 0.15) is 22.3 Å². The van der Waals surface area contributed by atoms with E-state index in [0.717, 1.165) is 12.1 Å². The summed E-state index contributed by atoms with van der Waals surface area (Å²) in [6.07, 6.45) is 5.24. The van der Waals surface area contributed by atoms with Crippen molar-refractivity contribution in [3.05, 3.63) is 59.4 Å². The minimum atomic E-state index is -4.08. The number of hydrogen-bond acceptors (Lipinski definition) is 3. The van der Waals surface area contributed by atoms with Crippen LogP contribution in [0.1, 0.15) is 11.1 Å². The molecule has 0 radical (unpaired) electrons. The van der Waals surface area contributed by atoms with Gasteiger partial charge >= 0.3 is 0 Å². The van der Waals surface area contributed by atoms with E-state index in [9.17, 15) is 12.8 Å². The monoisotopic (exact) mass is 300 g/mol. The molecule has 0 fully saturated rings. The number of halogens is 1. The van der Waals surface area contributed by atoms with Crippen molar-refractivity contribution in [3.63, 3.8) is 0 Å². The first kappa shape index (κ1) is 14.6. The van der Waals surface area contributed by atoms with E-state index in [4.69, 9.17) is 11.7 Å². The molecule has 0 aromatic heterocycles. The summed E-state index contributed by atoms with van der Waals surface area (Å²) in [6.45, 7) is 0. The van der Waals surface area contributed by atoms with Gasteiger partial charge in [0.05, 0.1) is 5.69 Å². The van der Waals surface area contributed by atoms with Gasteiger partial charge in [0, 0.05) is 5.56 Å². The third-order valence-electron chi connectivity index (χ3n) is 2.66. The number of nitrogens with zero attached hydrogens (tertiary/aromatic N) is 1. The van der Waals surface area contributed by atoms with Crippen molar-refractivity contribution in [1.82, 2.24) is 0 Å². The van der Waals surface area contributed by atoms with Gasteiger partial charge < -0.3 is 0 Å². The number of hydrogen-bond donors (Lipinski definition) is 1. The molecule has 0 amide bonds. The van der Waals surface area contributed by atoms with Gasteiger partial charge in [-0.05, 0) is 30.3 Å². The number of terminal acetylenes is 1. The van der Waals surface area contributed by atoms with Gasteiger partial charge in [0.25, 0.3) is 10.0 Å². The minimum absolute atomic E-state index is 0.235. The average molecular weight is 300 g/mol. The van der Waals surface area contributed by atoms with Crippen LogP contribution in [0.3, 0.4) is 0 Å². The molecule has 1 N–H and O–H groups in total. The van der Waals surface area contributed by atoms with E-state index in [0.29, 0.717) is 5.56 Å². The Morgan fingerprint density at radius 3 is 2.57 bits per heavy atom. The fraction of sp³-hybridized carbons (Fsp3) is 0. The second kappa shape index (κ2) is 5.66. The molecule has 2 aromatic carbocycles. The lowest BCUT2D eigenvalue weighted by Crippen LogP contribution is -2.15. The van der Waals surface area contributed by atoms with Crippen molar-refractivity contribution in [2.75, 3.05) is 4.72 Å². The van der Waals surface area contributed by atoms with Crippen molar-refractivity contribution in [2.45, 2.75) is 4.90 Å². The molecule has 4 nitrogen and oxygen atoms in total. The highest BCUT2D eigenvalue weighted by atomic mass is 32.2. The van der Waals surface area contributed by atoms with E-state index in [1.165, 1.54) is 18.2 Å². The summed E-state index contributed by atoms with van der Waals surface area (Å²) in [6, 6.07) is 11.2. The third kappa shape index (κ3) is 3.02. The van der Waals surface area contributed by atoms with Crippen LogP contribution in [0.15, 0.2) is 47.4 Å². The number of anilines is 1. The summed E-state index contributed by atoms with van der Waals surface area (Å²) in [5.41, 5.74) is 0.201. The molecule has 0 heterocycles. The molecule has 0 saturated carbocycles. The quantitative estimate of drug-likeness (QED) is 0.885. The molecule has 0 aliphatic heterocycles. The summed E-state index contributed by atoms with van der Waals surface area (Å²) in [5, 5.41) is 8.90. The number of benzene rings is 2. The average Bonchev–Trinajstić information content (AvgIpc) is 2.46. The minimum Gasteiger partial charge on any atom is -0.280 e. The van der Waals surface area contributed by atoms with Crippen LogP contribution in [-0.4, -0.2) is 8.42 Å². The molecular weight excluding hydrogens is 291 g/mol. The van der Waals surface area contributed by atoms with Crippen molar-refractivity contribution in [2.24, 2.45) is 0 Å². The van der Waals surface area contributed by atoms with Crippen LogP contribution in [0.2, 0.25) is 0 Å². The van der Waals surface area contributed by atoms with Crippen molar-refractivity contribution in [3.8, 4) is 18.4 Å². The number of sulfonamides is 1. The van der Waals surface area contributed by atoms with E-state index in [1.54, 1.807) is 18.2 Å². The van der Waals surface area contributed by atoms with Crippen LogP contribution < -0.4 is 4.72 Å². The Bertz CT molecular complexity index is 877. The van der Waals surface area contributed by atoms with Crippen LogP contribution in [-0.2, 0) is 10.0 Å². The van der Waals surface area contributed by atoms with Crippen LogP contribution in [0.25, 0.3) is 0 Å². The zero-order valence-corrected chi connectivity index (χ0v) is 11.5. The Morgan fingerprint density at radius 1 is 1.19 bits per heavy atom. The van der Waals surface area contributed by atoms with Gasteiger partial charge in [-0.15, -0.1) is 6.42 Å². The Kier molecular flexibility index (Phi) is 3.93. The van der Waals surface area contributed by atoms with Gasteiger partial charge in [-0.2, -0.15) is 5.26 Å². The van der Waals surface area contributed by atoms with Crippen molar-refractivity contribution >= 4 is 15.7 Å². The first-order valence-electron chi connectivity index (χ1n) is 5.76. The molecule has 2 aromatic rings. The molecular formula is C15H9FN2O2S. The molecule has 6 heteroatoms. The molecule has 0 atom stereocenters. The smallest absolute Gasteiger partial charge is 0.263 e. The first-order valence-corrected chi connectivity index (χ1v) is 7.24. The van der Waals surface area contributed by atoms with Crippen molar-refractivity contribution in [1.29, 1.82) is 5.26 Å². The lowest BCUT2D eigenvalue weighted by molar-refractivity contribution is 0.593. The maximum atomic E-state index is 13.5. The maximum absolute atomic E-state index is 13.5. The van der Waals surface area contributed by atoms with E-state index in [-0.39, 0.29) is 5.69 Å².